The Morgan fingerprint density at radius 3 is 2.51 bits per heavy atom. The molecule has 3 fully saturated rings. The number of halogens is 1. The van der Waals surface area contributed by atoms with Gasteiger partial charge in [0.1, 0.15) is 11.6 Å². The summed E-state index contributed by atoms with van der Waals surface area (Å²) < 4.78 is 5.57. The molecule has 8 heteroatoms. The van der Waals surface area contributed by atoms with Crippen molar-refractivity contribution in [2.24, 2.45) is 17.3 Å². The first-order valence-corrected chi connectivity index (χ1v) is 13.2. The summed E-state index contributed by atoms with van der Waals surface area (Å²) in [4.78, 5) is 40.5. The van der Waals surface area contributed by atoms with Gasteiger partial charge in [-0.05, 0) is 60.6 Å². The van der Waals surface area contributed by atoms with E-state index in [9.17, 15) is 14.4 Å². The average Bonchev–Trinajstić information content (AvgIpc) is 3.19. The molecule has 0 radical (unpaired) electrons. The summed E-state index contributed by atoms with van der Waals surface area (Å²) in [5.74, 6) is -0.0771. The van der Waals surface area contributed by atoms with Crippen molar-refractivity contribution in [3.63, 3.8) is 0 Å². The van der Waals surface area contributed by atoms with Crippen LogP contribution in [-0.4, -0.2) is 54.1 Å². The smallest absolute Gasteiger partial charge is 0.407 e. The fourth-order valence-corrected chi connectivity index (χ4v) is 6.28. The van der Waals surface area contributed by atoms with Gasteiger partial charge in [-0.25, -0.2) is 4.79 Å². The van der Waals surface area contributed by atoms with Crippen LogP contribution in [0.15, 0.2) is 24.3 Å². The zero-order valence-electron chi connectivity index (χ0n) is 21.2. The summed E-state index contributed by atoms with van der Waals surface area (Å²) in [6.07, 6.45) is 3.04. The summed E-state index contributed by atoms with van der Waals surface area (Å²) in [5.41, 5.74) is 0.591. The zero-order valence-corrected chi connectivity index (χ0v) is 22.0. The third kappa shape index (κ3) is 5.60. The number of nitrogens with zero attached hydrogens (tertiary/aromatic N) is 1. The summed E-state index contributed by atoms with van der Waals surface area (Å²) >= 11 is 6.08. The second-order valence-corrected chi connectivity index (χ2v) is 12.0. The lowest BCUT2D eigenvalue weighted by molar-refractivity contribution is -0.141. The number of alkyl carbamates (subject to hydrolysis) is 1. The maximum Gasteiger partial charge on any atom is 0.407 e. The van der Waals surface area contributed by atoms with Gasteiger partial charge in [0.05, 0.1) is 0 Å². The highest BCUT2D eigenvalue weighted by molar-refractivity contribution is 6.30. The number of carbonyl (C=O) groups is 3. The molecule has 2 heterocycles. The number of piperidine rings is 1. The molecule has 4 rings (SSSR count). The van der Waals surface area contributed by atoms with Gasteiger partial charge in [0.15, 0.2) is 0 Å². The van der Waals surface area contributed by atoms with Crippen molar-refractivity contribution in [1.82, 2.24) is 15.5 Å². The van der Waals surface area contributed by atoms with Crippen LogP contribution >= 0.6 is 11.6 Å². The molecule has 1 aromatic rings. The van der Waals surface area contributed by atoms with Gasteiger partial charge in [0.25, 0.3) is 0 Å². The Bertz CT molecular complexity index is 964. The average molecular weight is 504 g/mol. The highest BCUT2D eigenvalue weighted by Crippen LogP contribution is 2.43. The van der Waals surface area contributed by atoms with Crippen LogP contribution in [0.4, 0.5) is 4.79 Å². The van der Waals surface area contributed by atoms with Crippen molar-refractivity contribution in [1.29, 1.82) is 0 Å². The minimum absolute atomic E-state index is 0.0167. The number of nitrogens with one attached hydrogen (secondary N) is 2. The van der Waals surface area contributed by atoms with E-state index < -0.39 is 17.7 Å². The molecule has 1 saturated carbocycles. The standard InChI is InChI=1S/C27H38ClN3O4/c1-17(2)22(30-23(32)19-9-11-27(15-19)12-13-29-25(34)35-27)24(33)31-14-10-21(26(3,4)16-31)18-5-7-20(28)8-6-18/h5-8,17,19,21-22H,9-16H2,1-4H3,(H,29,34)(H,30,32). The first-order valence-electron chi connectivity index (χ1n) is 12.8. The maximum atomic E-state index is 13.6. The largest absolute Gasteiger partial charge is 0.443 e. The summed E-state index contributed by atoms with van der Waals surface area (Å²) in [6, 6.07) is 7.44. The molecule has 2 N–H and O–H groups in total. The molecular weight excluding hydrogens is 466 g/mol. The molecule has 4 atom stereocenters. The van der Waals surface area contributed by atoms with E-state index in [1.165, 1.54) is 5.56 Å². The Hall–Kier alpha value is -2.28. The molecular formula is C27H38ClN3O4. The van der Waals surface area contributed by atoms with E-state index in [4.69, 9.17) is 16.3 Å². The van der Waals surface area contributed by atoms with E-state index in [2.05, 4.69) is 36.6 Å². The second kappa shape index (κ2) is 10.00. The predicted molar refractivity (Wildman–Crippen MR) is 135 cm³/mol. The maximum absolute atomic E-state index is 13.6. The van der Waals surface area contributed by atoms with Crippen LogP contribution in [0.3, 0.4) is 0 Å². The highest BCUT2D eigenvalue weighted by Gasteiger charge is 2.47. The van der Waals surface area contributed by atoms with Crippen molar-refractivity contribution in [2.75, 3.05) is 19.6 Å². The van der Waals surface area contributed by atoms with E-state index in [-0.39, 0.29) is 29.1 Å². The molecule has 2 aliphatic heterocycles. The molecule has 1 aliphatic carbocycles. The Morgan fingerprint density at radius 2 is 1.89 bits per heavy atom. The lowest BCUT2D eigenvalue weighted by Gasteiger charge is -2.46. The molecule has 35 heavy (non-hydrogen) atoms. The van der Waals surface area contributed by atoms with Crippen LogP contribution in [-0.2, 0) is 14.3 Å². The van der Waals surface area contributed by atoms with Gasteiger partial charge in [-0.3, -0.25) is 9.59 Å². The van der Waals surface area contributed by atoms with E-state index in [0.717, 1.165) is 11.4 Å². The number of benzene rings is 1. The first-order chi connectivity index (χ1) is 16.5. The van der Waals surface area contributed by atoms with Gasteiger partial charge < -0.3 is 20.3 Å². The van der Waals surface area contributed by atoms with E-state index in [1.54, 1.807) is 0 Å². The molecule has 3 aliphatic rings. The fourth-order valence-electron chi connectivity index (χ4n) is 6.15. The van der Waals surface area contributed by atoms with Gasteiger partial charge in [0, 0.05) is 37.0 Å². The van der Waals surface area contributed by atoms with Gasteiger partial charge in [-0.15, -0.1) is 0 Å². The summed E-state index contributed by atoms with van der Waals surface area (Å²) in [5, 5.41) is 6.47. The van der Waals surface area contributed by atoms with Crippen LogP contribution in [0.25, 0.3) is 0 Å². The lowest BCUT2D eigenvalue weighted by Crippen LogP contribution is -2.56. The minimum atomic E-state index is -0.572. The first kappa shape index (κ1) is 25.8. The Morgan fingerprint density at radius 1 is 1.17 bits per heavy atom. The quantitative estimate of drug-likeness (QED) is 0.619. The minimum Gasteiger partial charge on any atom is -0.443 e. The van der Waals surface area contributed by atoms with Crippen molar-refractivity contribution >= 4 is 29.5 Å². The molecule has 7 nitrogen and oxygen atoms in total. The number of hydrogen-bond acceptors (Lipinski definition) is 4. The van der Waals surface area contributed by atoms with Crippen LogP contribution in [0, 0.1) is 17.3 Å². The Kier molecular flexibility index (Phi) is 7.37. The van der Waals surface area contributed by atoms with Gasteiger partial charge >= 0.3 is 6.09 Å². The van der Waals surface area contributed by atoms with Crippen LogP contribution in [0.2, 0.25) is 5.02 Å². The van der Waals surface area contributed by atoms with Crippen molar-refractivity contribution in [2.45, 2.75) is 77.4 Å². The SMILES string of the molecule is CC(C)C(NC(=O)C1CCC2(CCNC(=O)O2)C1)C(=O)N1CCC(c2ccc(Cl)cc2)C(C)(C)C1. The van der Waals surface area contributed by atoms with E-state index in [0.29, 0.717) is 51.2 Å². The number of rotatable bonds is 5. The van der Waals surface area contributed by atoms with Crippen molar-refractivity contribution < 1.29 is 19.1 Å². The molecule has 1 aromatic carbocycles. The number of amides is 3. The monoisotopic (exact) mass is 503 g/mol. The van der Waals surface area contributed by atoms with Crippen LogP contribution < -0.4 is 10.6 Å². The van der Waals surface area contributed by atoms with E-state index >= 15 is 0 Å². The lowest BCUT2D eigenvalue weighted by atomic mass is 9.70. The second-order valence-electron chi connectivity index (χ2n) is 11.6. The molecule has 2 saturated heterocycles. The van der Waals surface area contributed by atoms with E-state index in [1.807, 2.05) is 30.9 Å². The van der Waals surface area contributed by atoms with Gasteiger partial charge in [-0.1, -0.05) is 51.4 Å². The summed E-state index contributed by atoms with van der Waals surface area (Å²) in [6.45, 7) is 10.2. The molecule has 3 amide bonds. The molecule has 0 bridgehead atoms. The molecule has 192 valence electrons. The molecule has 0 aromatic heterocycles. The zero-order chi connectivity index (χ0) is 25.4. The topological polar surface area (TPSA) is 87.7 Å². The third-order valence-corrected chi connectivity index (χ3v) is 8.39. The van der Waals surface area contributed by atoms with Gasteiger partial charge in [-0.2, -0.15) is 0 Å². The third-order valence-electron chi connectivity index (χ3n) is 8.14. The molecule has 4 unspecified atom stereocenters. The normalized spacial score (nSPS) is 29.0. The van der Waals surface area contributed by atoms with Crippen molar-refractivity contribution in [3.8, 4) is 0 Å². The highest BCUT2D eigenvalue weighted by atomic mass is 35.5. The molecule has 1 spiro atoms. The summed E-state index contributed by atoms with van der Waals surface area (Å²) in [7, 11) is 0. The predicted octanol–water partition coefficient (Wildman–Crippen LogP) is 4.49. The van der Waals surface area contributed by atoms with Crippen LogP contribution in [0.5, 0.6) is 0 Å². The Labute approximate surface area is 213 Å². The van der Waals surface area contributed by atoms with Crippen LogP contribution in [0.1, 0.15) is 71.3 Å². The fraction of sp³-hybridized carbons (Fsp3) is 0.667. The number of hydrogen-bond donors (Lipinski definition) is 2. The Balaban J connectivity index is 1.39. The number of carbonyl (C=O) groups excluding carboxylic acids is 3. The number of likely N-dealkylation sites (tertiary alicyclic amines) is 1. The van der Waals surface area contributed by atoms with Gasteiger partial charge in [0.2, 0.25) is 11.8 Å². The number of ether oxygens (including phenoxy) is 1. The van der Waals surface area contributed by atoms with Crippen molar-refractivity contribution in [3.05, 3.63) is 34.9 Å².